The molecule has 3 atom stereocenters. The number of aliphatic hydroxyl groups excluding tert-OH is 1. The summed E-state index contributed by atoms with van der Waals surface area (Å²) in [4.78, 5) is 42.1. The Kier molecular flexibility index (Phi) is 8.02. The first-order valence-corrected chi connectivity index (χ1v) is 7.91. The number of aliphatic hydroxyl groups is 1. The van der Waals surface area contributed by atoms with Crippen LogP contribution in [0.3, 0.4) is 0 Å². The molecule has 25 heavy (non-hydrogen) atoms. The second-order valence-electron chi connectivity index (χ2n) is 6.16. The summed E-state index contributed by atoms with van der Waals surface area (Å²) in [6.45, 7) is 2.97. The second-order valence-corrected chi connectivity index (χ2v) is 6.16. The highest BCUT2D eigenvalue weighted by Gasteiger charge is 2.28. The summed E-state index contributed by atoms with van der Waals surface area (Å²) < 4.78 is 0. The van der Waals surface area contributed by atoms with Crippen molar-refractivity contribution >= 4 is 17.8 Å². The number of rotatable bonds is 10. The van der Waals surface area contributed by atoms with E-state index in [1.807, 2.05) is 13.8 Å². The van der Waals surface area contributed by atoms with E-state index in [0.29, 0.717) is 12.1 Å². The molecule has 3 unspecified atom stereocenters. The fraction of sp³-hybridized carbons (Fsp3) is 0.600. The van der Waals surface area contributed by atoms with Crippen molar-refractivity contribution in [3.8, 4) is 0 Å². The Bertz CT molecular complexity index is 575. The molecule has 10 heteroatoms. The molecule has 1 rings (SSSR count). The summed E-state index contributed by atoms with van der Waals surface area (Å²) in [5.74, 6) is -2.51. The molecule has 0 aromatic carbocycles. The predicted molar refractivity (Wildman–Crippen MR) is 88.3 cm³/mol. The molecule has 0 fully saturated rings. The summed E-state index contributed by atoms with van der Waals surface area (Å²) in [5.41, 5.74) is 6.52. The molecule has 0 bridgehead atoms. The molecule has 0 saturated carbocycles. The number of nitrogens with one attached hydrogen (secondary N) is 3. The summed E-state index contributed by atoms with van der Waals surface area (Å²) in [5, 5.41) is 22.7. The predicted octanol–water partition coefficient (Wildman–Crippen LogP) is -1.63. The van der Waals surface area contributed by atoms with Gasteiger partial charge in [0.05, 0.1) is 19.0 Å². The van der Waals surface area contributed by atoms with Crippen LogP contribution in [-0.2, 0) is 20.8 Å². The first-order valence-electron chi connectivity index (χ1n) is 7.91. The Morgan fingerprint density at radius 1 is 1.24 bits per heavy atom. The molecular weight excluding hydrogens is 330 g/mol. The number of amides is 2. The van der Waals surface area contributed by atoms with E-state index in [4.69, 9.17) is 15.9 Å². The molecule has 0 saturated heterocycles. The normalized spacial score (nSPS) is 14.6. The van der Waals surface area contributed by atoms with Gasteiger partial charge in [-0.15, -0.1) is 0 Å². The molecule has 0 spiro atoms. The molecular formula is C15H25N5O5. The van der Waals surface area contributed by atoms with Gasteiger partial charge in [-0.3, -0.25) is 9.59 Å². The van der Waals surface area contributed by atoms with Crippen molar-refractivity contribution < 1.29 is 24.6 Å². The lowest BCUT2D eigenvalue weighted by Gasteiger charge is -2.23. The van der Waals surface area contributed by atoms with Gasteiger partial charge in [-0.25, -0.2) is 9.78 Å². The van der Waals surface area contributed by atoms with Gasteiger partial charge < -0.3 is 31.6 Å². The number of carbonyl (C=O) groups is 3. The maximum absolute atomic E-state index is 12.3. The van der Waals surface area contributed by atoms with E-state index in [0.717, 1.165) is 0 Å². The average molecular weight is 355 g/mol. The molecule has 10 nitrogen and oxygen atoms in total. The van der Waals surface area contributed by atoms with E-state index in [-0.39, 0.29) is 12.3 Å². The zero-order valence-corrected chi connectivity index (χ0v) is 14.2. The van der Waals surface area contributed by atoms with E-state index >= 15 is 0 Å². The van der Waals surface area contributed by atoms with Crippen LogP contribution >= 0.6 is 0 Å². The SMILES string of the molecule is CC(C)CC(NC(=O)C(N)Cc1cnc[nH]1)C(=O)NC(CO)C(=O)O. The Balaban J connectivity index is 2.71. The smallest absolute Gasteiger partial charge is 0.328 e. The lowest BCUT2D eigenvalue weighted by atomic mass is 10.0. The van der Waals surface area contributed by atoms with Crippen LogP contribution in [0.2, 0.25) is 0 Å². The Morgan fingerprint density at radius 3 is 2.36 bits per heavy atom. The van der Waals surface area contributed by atoms with E-state index in [1.54, 1.807) is 6.20 Å². The van der Waals surface area contributed by atoms with Crippen molar-refractivity contribution in [2.45, 2.75) is 44.8 Å². The summed E-state index contributed by atoms with van der Waals surface area (Å²) >= 11 is 0. The van der Waals surface area contributed by atoms with Crippen molar-refractivity contribution in [3.63, 3.8) is 0 Å². The number of nitrogens with two attached hydrogens (primary N) is 1. The van der Waals surface area contributed by atoms with Gasteiger partial charge >= 0.3 is 5.97 Å². The Hall–Kier alpha value is -2.46. The van der Waals surface area contributed by atoms with Gasteiger partial charge in [0.1, 0.15) is 12.1 Å². The fourth-order valence-electron chi connectivity index (χ4n) is 2.17. The van der Waals surface area contributed by atoms with Crippen molar-refractivity contribution in [1.29, 1.82) is 0 Å². The van der Waals surface area contributed by atoms with Crippen molar-refractivity contribution in [3.05, 3.63) is 18.2 Å². The lowest BCUT2D eigenvalue weighted by Crippen LogP contribution is -2.55. The van der Waals surface area contributed by atoms with E-state index in [9.17, 15) is 14.4 Å². The third kappa shape index (κ3) is 6.89. The van der Waals surface area contributed by atoms with Gasteiger partial charge in [-0.1, -0.05) is 13.8 Å². The van der Waals surface area contributed by atoms with Crippen LogP contribution in [0.5, 0.6) is 0 Å². The van der Waals surface area contributed by atoms with Crippen LogP contribution in [0, 0.1) is 5.92 Å². The third-order valence-corrected chi connectivity index (χ3v) is 3.47. The minimum absolute atomic E-state index is 0.0669. The van der Waals surface area contributed by atoms with Crippen LogP contribution in [0.4, 0.5) is 0 Å². The van der Waals surface area contributed by atoms with Crippen LogP contribution in [-0.4, -0.2) is 62.7 Å². The number of hydrogen-bond acceptors (Lipinski definition) is 6. The third-order valence-electron chi connectivity index (χ3n) is 3.47. The van der Waals surface area contributed by atoms with Crippen LogP contribution in [0.1, 0.15) is 26.0 Å². The number of carboxylic acids is 1. The number of aromatic amines is 1. The van der Waals surface area contributed by atoms with Crippen molar-refractivity contribution in [2.75, 3.05) is 6.61 Å². The van der Waals surface area contributed by atoms with Gasteiger partial charge in [0.2, 0.25) is 11.8 Å². The highest BCUT2D eigenvalue weighted by molar-refractivity contribution is 5.91. The number of carboxylic acid groups (broad SMARTS) is 1. The molecule has 1 aromatic heterocycles. The largest absolute Gasteiger partial charge is 0.480 e. The second kappa shape index (κ2) is 9.74. The summed E-state index contributed by atoms with van der Waals surface area (Å²) in [6.07, 6.45) is 3.53. The standard InChI is InChI=1S/C15H25N5O5/c1-8(2)3-11(14(23)20-12(6-21)15(24)25)19-13(22)10(16)4-9-5-17-7-18-9/h5,7-8,10-12,21H,3-4,6,16H2,1-2H3,(H,17,18)(H,19,22)(H,20,23)(H,24,25). The Labute approximate surface area is 145 Å². The van der Waals surface area contributed by atoms with Crippen LogP contribution < -0.4 is 16.4 Å². The molecule has 7 N–H and O–H groups in total. The lowest BCUT2D eigenvalue weighted by molar-refractivity contribution is -0.143. The number of hydrogen-bond donors (Lipinski definition) is 6. The van der Waals surface area contributed by atoms with Crippen molar-refractivity contribution in [2.24, 2.45) is 11.7 Å². The van der Waals surface area contributed by atoms with E-state index in [2.05, 4.69) is 20.6 Å². The molecule has 0 radical (unpaired) electrons. The van der Waals surface area contributed by atoms with Crippen LogP contribution in [0.25, 0.3) is 0 Å². The maximum Gasteiger partial charge on any atom is 0.328 e. The monoisotopic (exact) mass is 355 g/mol. The number of aromatic nitrogens is 2. The molecule has 1 heterocycles. The fourth-order valence-corrected chi connectivity index (χ4v) is 2.17. The molecule has 1 aromatic rings. The Morgan fingerprint density at radius 2 is 1.88 bits per heavy atom. The van der Waals surface area contributed by atoms with Gasteiger partial charge in [-0.2, -0.15) is 0 Å². The highest BCUT2D eigenvalue weighted by Crippen LogP contribution is 2.06. The number of imidazole rings is 1. The summed E-state index contributed by atoms with van der Waals surface area (Å²) in [7, 11) is 0. The van der Waals surface area contributed by atoms with Gasteiger partial charge in [-0.05, 0) is 12.3 Å². The zero-order chi connectivity index (χ0) is 19.0. The first-order chi connectivity index (χ1) is 11.7. The van der Waals surface area contributed by atoms with Gasteiger partial charge in [0, 0.05) is 18.3 Å². The maximum atomic E-state index is 12.3. The zero-order valence-electron chi connectivity index (χ0n) is 14.2. The van der Waals surface area contributed by atoms with E-state index in [1.165, 1.54) is 6.33 Å². The minimum Gasteiger partial charge on any atom is -0.480 e. The average Bonchev–Trinajstić information content (AvgIpc) is 3.03. The highest BCUT2D eigenvalue weighted by atomic mass is 16.4. The molecule has 0 aliphatic heterocycles. The minimum atomic E-state index is -1.43. The number of H-pyrrole nitrogens is 1. The number of aliphatic carboxylic acids is 1. The first kappa shape index (κ1) is 20.6. The molecule has 0 aliphatic rings. The molecule has 2 amide bonds. The van der Waals surface area contributed by atoms with Gasteiger partial charge in [0.25, 0.3) is 0 Å². The number of carbonyl (C=O) groups excluding carboxylic acids is 2. The topological polar surface area (TPSA) is 170 Å². The summed E-state index contributed by atoms with van der Waals surface area (Å²) in [6, 6.07) is -3.28. The quantitative estimate of drug-likeness (QED) is 0.292. The van der Waals surface area contributed by atoms with Crippen LogP contribution in [0.15, 0.2) is 12.5 Å². The van der Waals surface area contributed by atoms with E-state index < -0.39 is 42.5 Å². The van der Waals surface area contributed by atoms with Gasteiger partial charge in [0.15, 0.2) is 0 Å². The molecule has 140 valence electrons. The number of nitrogens with zero attached hydrogens (tertiary/aromatic N) is 1. The van der Waals surface area contributed by atoms with Crippen molar-refractivity contribution in [1.82, 2.24) is 20.6 Å². The molecule has 0 aliphatic carbocycles.